The number of rotatable bonds is 3. The highest BCUT2D eigenvalue weighted by molar-refractivity contribution is 4.88. The number of allylic oxidation sites excluding steroid dienone is 1. The first kappa shape index (κ1) is 11.4. The Morgan fingerprint density at radius 2 is 2.07 bits per heavy atom. The lowest BCUT2D eigenvalue weighted by molar-refractivity contribution is -0.290. The first-order chi connectivity index (χ1) is 6.39. The Hall–Kier alpha value is -0.710. The molecule has 1 aliphatic heterocycles. The van der Waals surface area contributed by atoms with E-state index < -0.39 is 18.4 Å². The molecule has 0 spiro atoms. The van der Waals surface area contributed by atoms with Gasteiger partial charge in [0.1, 0.15) is 6.61 Å². The van der Waals surface area contributed by atoms with Gasteiger partial charge in [0, 0.05) is 6.42 Å². The molecule has 2 atom stereocenters. The molecule has 1 aliphatic rings. The van der Waals surface area contributed by atoms with Gasteiger partial charge >= 0.3 is 6.18 Å². The van der Waals surface area contributed by atoms with E-state index in [2.05, 4.69) is 4.74 Å². The number of hydrogen-bond acceptors (Lipinski definition) is 2. The largest absolute Gasteiger partial charge is 0.499 e. The van der Waals surface area contributed by atoms with Gasteiger partial charge in [-0.05, 0) is 19.4 Å². The normalized spacial score (nSPS) is 26.6. The summed E-state index contributed by atoms with van der Waals surface area (Å²) in [7, 11) is 0. The monoisotopic (exact) mass is 210 g/mol. The molecule has 2 nitrogen and oxygen atoms in total. The van der Waals surface area contributed by atoms with E-state index in [9.17, 15) is 13.2 Å². The van der Waals surface area contributed by atoms with Crippen LogP contribution in [0.2, 0.25) is 0 Å². The minimum Gasteiger partial charge on any atom is -0.499 e. The van der Waals surface area contributed by atoms with E-state index in [0.29, 0.717) is 0 Å². The van der Waals surface area contributed by atoms with Crippen molar-refractivity contribution in [1.29, 1.82) is 0 Å². The first-order valence-corrected chi connectivity index (χ1v) is 4.36. The van der Waals surface area contributed by atoms with E-state index >= 15 is 0 Å². The minimum atomic E-state index is -4.23. The van der Waals surface area contributed by atoms with Crippen LogP contribution in [0.3, 0.4) is 0 Å². The Labute approximate surface area is 80.7 Å². The summed E-state index contributed by atoms with van der Waals surface area (Å²) in [5, 5.41) is 0. The van der Waals surface area contributed by atoms with Crippen LogP contribution in [0, 0.1) is 0 Å². The summed E-state index contributed by atoms with van der Waals surface area (Å²) in [6.07, 6.45) is -4.72. The van der Waals surface area contributed by atoms with Crippen LogP contribution in [0.15, 0.2) is 11.8 Å². The Bertz CT molecular complexity index is 213. The van der Waals surface area contributed by atoms with E-state index in [1.807, 2.05) is 13.8 Å². The van der Waals surface area contributed by atoms with E-state index in [-0.39, 0.29) is 13.0 Å². The van der Waals surface area contributed by atoms with Gasteiger partial charge in [-0.3, -0.25) is 0 Å². The predicted octanol–water partition coefficient (Wildman–Crippen LogP) is 2.65. The Kier molecular flexibility index (Phi) is 3.42. The van der Waals surface area contributed by atoms with E-state index in [1.165, 1.54) is 6.26 Å². The van der Waals surface area contributed by atoms with Crippen molar-refractivity contribution < 1.29 is 22.6 Å². The maximum Gasteiger partial charge on any atom is 0.414 e. The highest BCUT2D eigenvalue weighted by atomic mass is 19.4. The van der Waals surface area contributed by atoms with Gasteiger partial charge in [-0.2, -0.15) is 13.2 Å². The van der Waals surface area contributed by atoms with Crippen LogP contribution in [0.1, 0.15) is 20.3 Å². The van der Waals surface area contributed by atoms with Crippen LogP contribution >= 0.6 is 0 Å². The fourth-order valence-corrected chi connectivity index (χ4v) is 1.10. The van der Waals surface area contributed by atoms with Crippen LogP contribution in [0.5, 0.6) is 0 Å². The molecule has 0 amide bonds. The molecule has 82 valence electrons. The van der Waals surface area contributed by atoms with Crippen LogP contribution in [-0.4, -0.2) is 25.0 Å². The fraction of sp³-hybridized carbons (Fsp3) is 0.778. The third-order valence-corrected chi connectivity index (χ3v) is 1.80. The van der Waals surface area contributed by atoms with Crippen LogP contribution in [0.25, 0.3) is 0 Å². The molecule has 0 radical (unpaired) electrons. The summed E-state index contributed by atoms with van der Waals surface area (Å²) < 4.78 is 45.5. The predicted molar refractivity (Wildman–Crippen MR) is 44.7 cm³/mol. The van der Waals surface area contributed by atoms with Crippen molar-refractivity contribution in [1.82, 2.24) is 0 Å². The Morgan fingerprint density at radius 3 is 2.50 bits per heavy atom. The van der Waals surface area contributed by atoms with E-state index in [1.54, 1.807) is 0 Å². The summed E-state index contributed by atoms with van der Waals surface area (Å²) in [6, 6.07) is 0. The Morgan fingerprint density at radius 1 is 1.50 bits per heavy atom. The second kappa shape index (κ2) is 4.21. The minimum absolute atomic E-state index is 0.000101. The zero-order valence-corrected chi connectivity index (χ0v) is 8.10. The molecule has 0 aliphatic carbocycles. The second-order valence-corrected chi connectivity index (χ2v) is 3.55. The van der Waals surface area contributed by atoms with Gasteiger partial charge in [-0.25, -0.2) is 0 Å². The number of alkyl halides is 3. The molecular weight excluding hydrogens is 197 g/mol. The van der Waals surface area contributed by atoms with Gasteiger partial charge in [-0.15, -0.1) is 0 Å². The standard InChI is InChI=1S/C9H13F3O2/c1-6(2)4-13-5-7-3-8(14-7)9(10,11)12/h4,7-8H,3,5H2,1-2H3. The molecule has 1 saturated heterocycles. The number of ether oxygens (including phenoxy) is 2. The molecule has 0 aromatic rings. The van der Waals surface area contributed by atoms with Crippen LogP contribution in [-0.2, 0) is 9.47 Å². The van der Waals surface area contributed by atoms with Crippen molar-refractivity contribution >= 4 is 0 Å². The summed E-state index contributed by atoms with van der Waals surface area (Å²) >= 11 is 0. The van der Waals surface area contributed by atoms with Crippen molar-refractivity contribution in [3.05, 3.63) is 11.8 Å². The zero-order chi connectivity index (χ0) is 10.8. The fourth-order valence-electron chi connectivity index (χ4n) is 1.10. The third-order valence-electron chi connectivity index (χ3n) is 1.80. The molecule has 0 aromatic heterocycles. The smallest absolute Gasteiger partial charge is 0.414 e. The van der Waals surface area contributed by atoms with Crippen molar-refractivity contribution in [2.45, 2.75) is 38.7 Å². The summed E-state index contributed by atoms with van der Waals surface area (Å²) in [4.78, 5) is 0. The molecular formula is C9H13F3O2. The zero-order valence-electron chi connectivity index (χ0n) is 8.10. The van der Waals surface area contributed by atoms with Gasteiger partial charge < -0.3 is 9.47 Å². The van der Waals surface area contributed by atoms with Gasteiger partial charge in [-0.1, -0.05) is 0 Å². The maximum atomic E-state index is 11.9. The van der Waals surface area contributed by atoms with Gasteiger partial charge in [0.25, 0.3) is 0 Å². The summed E-state index contributed by atoms with van der Waals surface area (Å²) in [5.74, 6) is 0. The molecule has 2 unspecified atom stereocenters. The molecule has 0 aromatic carbocycles. The molecule has 0 bridgehead atoms. The molecule has 14 heavy (non-hydrogen) atoms. The van der Waals surface area contributed by atoms with Gasteiger partial charge in [0.2, 0.25) is 0 Å². The average molecular weight is 210 g/mol. The second-order valence-electron chi connectivity index (χ2n) is 3.55. The van der Waals surface area contributed by atoms with Gasteiger partial charge in [0.15, 0.2) is 6.10 Å². The summed E-state index contributed by atoms with van der Waals surface area (Å²) in [5.41, 5.74) is 0.969. The molecule has 1 rings (SSSR count). The van der Waals surface area contributed by atoms with Crippen molar-refractivity contribution in [3.8, 4) is 0 Å². The van der Waals surface area contributed by atoms with E-state index in [0.717, 1.165) is 5.57 Å². The molecule has 0 N–H and O–H groups in total. The van der Waals surface area contributed by atoms with Crippen molar-refractivity contribution in [2.75, 3.05) is 6.61 Å². The summed E-state index contributed by atoms with van der Waals surface area (Å²) in [6.45, 7) is 3.89. The van der Waals surface area contributed by atoms with Crippen molar-refractivity contribution in [3.63, 3.8) is 0 Å². The van der Waals surface area contributed by atoms with Crippen molar-refractivity contribution in [2.24, 2.45) is 0 Å². The lowest BCUT2D eigenvalue weighted by Gasteiger charge is -2.36. The molecule has 1 heterocycles. The SMILES string of the molecule is CC(C)=COCC1CC(C(F)(F)F)O1. The first-order valence-electron chi connectivity index (χ1n) is 4.36. The lowest BCUT2D eigenvalue weighted by Crippen LogP contribution is -2.48. The van der Waals surface area contributed by atoms with E-state index in [4.69, 9.17) is 4.74 Å². The number of hydrogen-bond donors (Lipinski definition) is 0. The highest BCUT2D eigenvalue weighted by Gasteiger charge is 2.49. The van der Waals surface area contributed by atoms with Crippen LogP contribution in [0.4, 0.5) is 13.2 Å². The average Bonchev–Trinajstić information content (AvgIpc) is 1.90. The number of halogens is 3. The quantitative estimate of drug-likeness (QED) is 0.667. The third kappa shape index (κ3) is 3.21. The molecule has 1 fully saturated rings. The van der Waals surface area contributed by atoms with Crippen LogP contribution < -0.4 is 0 Å². The Balaban J connectivity index is 2.14. The maximum absolute atomic E-state index is 11.9. The lowest BCUT2D eigenvalue weighted by atomic mass is 10.1. The highest BCUT2D eigenvalue weighted by Crippen LogP contribution is 2.34. The van der Waals surface area contributed by atoms with Gasteiger partial charge in [0.05, 0.1) is 12.4 Å². The topological polar surface area (TPSA) is 18.5 Å². The molecule has 0 saturated carbocycles. The molecule has 5 heteroatoms.